The minimum Gasteiger partial charge on any atom is -0.368 e. The molecule has 0 saturated heterocycles. The summed E-state index contributed by atoms with van der Waals surface area (Å²) in [6, 6.07) is 3.13. The van der Waals surface area contributed by atoms with Gasteiger partial charge in [-0.2, -0.15) is 4.98 Å². The van der Waals surface area contributed by atoms with Crippen LogP contribution in [0.25, 0.3) is 0 Å². The normalized spacial score (nSPS) is 11.5. The molecule has 2 rings (SSSR count). The van der Waals surface area contributed by atoms with E-state index in [0.717, 1.165) is 11.3 Å². The average Bonchev–Trinajstić information content (AvgIpc) is 2.75. The van der Waals surface area contributed by atoms with Gasteiger partial charge in [-0.05, 0) is 11.4 Å². The van der Waals surface area contributed by atoms with E-state index in [0.29, 0.717) is 0 Å². The highest BCUT2D eigenvalue weighted by molar-refractivity contribution is 7.94. The largest absolute Gasteiger partial charge is 0.368 e. The molecule has 2 aromatic heterocycles. The molecule has 0 aliphatic heterocycles. The van der Waals surface area contributed by atoms with Crippen molar-refractivity contribution >= 4 is 33.3 Å². The number of aromatic amines is 1. The molecule has 0 aliphatic rings. The highest BCUT2D eigenvalue weighted by atomic mass is 32.2. The molecular weight excluding hydrogens is 238 g/mol. The zero-order chi connectivity index (χ0) is 10.9. The second-order valence-corrected chi connectivity index (χ2v) is 5.44. The second-order valence-electron chi connectivity index (χ2n) is 2.58. The number of hydrogen-bond donors (Lipinski definition) is 3. The van der Waals surface area contributed by atoms with Crippen LogP contribution < -0.4 is 10.5 Å². The van der Waals surface area contributed by atoms with Gasteiger partial charge in [0.2, 0.25) is 5.95 Å². The lowest BCUT2D eigenvalue weighted by molar-refractivity contribution is 0.603. The molecule has 0 aromatic carbocycles. The Bertz CT molecular complexity index is 544. The first kappa shape index (κ1) is 9.93. The number of nitrogens with zero attached hydrogens (tertiary/aromatic N) is 2. The summed E-state index contributed by atoms with van der Waals surface area (Å²) >= 11 is 1.11. The van der Waals surface area contributed by atoms with Gasteiger partial charge in [0.1, 0.15) is 4.21 Å². The molecule has 9 heteroatoms. The fourth-order valence-corrected chi connectivity index (χ4v) is 2.84. The summed E-state index contributed by atoms with van der Waals surface area (Å²) in [5, 5.41) is 7.56. The Morgan fingerprint density at radius 3 is 2.87 bits per heavy atom. The minimum atomic E-state index is -3.59. The van der Waals surface area contributed by atoms with Crippen LogP contribution in [0.15, 0.2) is 21.7 Å². The van der Waals surface area contributed by atoms with Crippen molar-refractivity contribution in [3.8, 4) is 0 Å². The summed E-state index contributed by atoms with van der Waals surface area (Å²) in [6.45, 7) is 0. The Kier molecular flexibility index (Phi) is 2.32. The van der Waals surface area contributed by atoms with Crippen molar-refractivity contribution < 1.29 is 8.42 Å². The van der Waals surface area contributed by atoms with Crippen molar-refractivity contribution in [2.75, 3.05) is 10.5 Å². The summed E-state index contributed by atoms with van der Waals surface area (Å²) < 4.78 is 25.7. The van der Waals surface area contributed by atoms with Gasteiger partial charge in [-0.3, -0.25) is 0 Å². The Hall–Kier alpha value is -1.61. The van der Waals surface area contributed by atoms with Gasteiger partial charge in [0.15, 0.2) is 0 Å². The molecule has 0 saturated carbocycles. The third-order valence-electron chi connectivity index (χ3n) is 1.49. The van der Waals surface area contributed by atoms with Crippen LogP contribution in [0.2, 0.25) is 0 Å². The molecule has 2 heterocycles. The molecule has 0 unspecified atom stereocenters. The van der Waals surface area contributed by atoms with Gasteiger partial charge in [-0.25, -0.2) is 18.2 Å². The number of rotatable bonds is 3. The lowest BCUT2D eigenvalue weighted by atomic mass is 10.7. The number of sulfonamides is 1. The van der Waals surface area contributed by atoms with Crippen LogP contribution in [0.1, 0.15) is 0 Å². The van der Waals surface area contributed by atoms with E-state index >= 15 is 0 Å². The van der Waals surface area contributed by atoms with Crippen molar-refractivity contribution in [2.24, 2.45) is 0 Å². The number of hydrogen-bond acceptors (Lipinski definition) is 6. The molecule has 0 bridgehead atoms. The zero-order valence-corrected chi connectivity index (χ0v) is 8.97. The maximum Gasteiger partial charge on any atom is 0.273 e. The van der Waals surface area contributed by atoms with Gasteiger partial charge in [0.05, 0.1) is 0 Å². The lowest BCUT2D eigenvalue weighted by Gasteiger charge is -1.99. The quantitative estimate of drug-likeness (QED) is 0.717. The topological polar surface area (TPSA) is 114 Å². The van der Waals surface area contributed by atoms with Crippen molar-refractivity contribution in [3.05, 3.63) is 17.5 Å². The zero-order valence-electron chi connectivity index (χ0n) is 7.34. The highest BCUT2D eigenvalue weighted by Crippen LogP contribution is 2.18. The van der Waals surface area contributed by atoms with Crippen LogP contribution in [0.3, 0.4) is 0 Å². The molecule has 0 spiro atoms. The van der Waals surface area contributed by atoms with Crippen LogP contribution >= 0.6 is 11.3 Å². The molecule has 0 radical (unpaired) electrons. The number of anilines is 2. The van der Waals surface area contributed by atoms with Gasteiger partial charge >= 0.3 is 0 Å². The number of nitrogens with two attached hydrogens (primary N) is 1. The number of nitrogens with one attached hydrogen (secondary N) is 2. The van der Waals surface area contributed by atoms with Crippen molar-refractivity contribution in [2.45, 2.75) is 4.21 Å². The fourth-order valence-electron chi connectivity index (χ4n) is 0.907. The Morgan fingerprint density at radius 2 is 2.33 bits per heavy atom. The van der Waals surface area contributed by atoms with Gasteiger partial charge < -0.3 is 5.73 Å². The lowest BCUT2D eigenvalue weighted by Crippen LogP contribution is -2.12. The van der Waals surface area contributed by atoms with E-state index in [1.54, 1.807) is 11.4 Å². The van der Waals surface area contributed by atoms with E-state index in [-0.39, 0.29) is 16.1 Å². The number of aromatic nitrogens is 3. The first-order valence-corrected chi connectivity index (χ1v) is 6.18. The molecule has 0 aliphatic carbocycles. The standard InChI is InChI=1S/C6H7N5O2S2/c7-5-8-6(10-9-5)11-15(12,13)4-2-1-3-14-4/h1-3H,(H4,7,8,9,10,11). The minimum absolute atomic E-state index is 0.0545. The van der Waals surface area contributed by atoms with Gasteiger partial charge in [-0.15, -0.1) is 16.4 Å². The predicted octanol–water partition coefficient (Wildman–Crippen LogP) is 0.249. The van der Waals surface area contributed by atoms with Crippen LogP contribution in [0.5, 0.6) is 0 Å². The average molecular weight is 245 g/mol. The van der Waals surface area contributed by atoms with Crippen LogP contribution in [0, 0.1) is 0 Å². The van der Waals surface area contributed by atoms with Gasteiger partial charge in [0, 0.05) is 0 Å². The van der Waals surface area contributed by atoms with E-state index in [1.807, 2.05) is 0 Å². The molecule has 0 atom stereocenters. The highest BCUT2D eigenvalue weighted by Gasteiger charge is 2.17. The van der Waals surface area contributed by atoms with Crippen molar-refractivity contribution in [1.29, 1.82) is 0 Å². The van der Waals surface area contributed by atoms with Crippen LogP contribution in [-0.2, 0) is 10.0 Å². The molecule has 0 fully saturated rings. The smallest absolute Gasteiger partial charge is 0.273 e. The summed E-state index contributed by atoms with van der Waals surface area (Å²) in [5.74, 6) is -0.0141. The van der Waals surface area contributed by atoms with E-state index in [9.17, 15) is 8.42 Å². The number of thiophene rings is 1. The maximum absolute atomic E-state index is 11.6. The fraction of sp³-hybridized carbons (Fsp3) is 0. The first-order chi connectivity index (χ1) is 7.08. The monoisotopic (exact) mass is 245 g/mol. The third kappa shape index (κ3) is 2.07. The molecule has 15 heavy (non-hydrogen) atoms. The van der Waals surface area contributed by atoms with Crippen LogP contribution in [0.4, 0.5) is 11.9 Å². The van der Waals surface area contributed by atoms with E-state index in [2.05, 4.69) is 19.9 Å². The Balaban J connectivity index is 2.26. The first-order valence-electron chi connectivity index (χ1n) is 3.82. The molecule has 80 valence electrons. The van der Waals surface area contributed by atoms with Crippen LogP contribution in [-0.4, -0.2) is 23.6 Å². The summed E-state index contributed by atoms with van der Waals surface area (Å²) in [6.07, 6.45) is 0. The SMILES string of the molecule is Nc1nc(NS(=O)(=O)c2cccs2)n[nH]1. The summed E-state index contributed by atoms with van der Waals surface area (Å²) in [5.41, 5.74) is 5.25. The Morgan fingerprint density at radius 1 is 1.53 bits per heavy atom. The Labute approximate surface area is 89.4 Å². The summed E-state index contributed by atoms with van der Waals surface area (Å²) in [4.78, 5) is 3.63. The third-order valence-corrected chi connectivity index (χ3v) is 4.21. The van der Waals surface area contributed by atoms with E-state index < -0.39 is 10.0 Å². The number of nitrogen functional groups attached to an aromatic ring is 1. The van der Waals surface area contributed by atoms with Gasteiger partial charge in [0.25, 0.3) is 16.0 Å². The summed E-state index contributed by atoms with van der Waals surface area (Å²) in [7, 11) is -3.59. The molecule has 2 aromatic rings. The van der Waals surface area contributed by atoms with Crippen molar-refractivity contribution in [1.82, 2.24) is 15.2 Å². The van der Waals surface area contributed by atoms with E-state index in [4.69, 9.17) is 5.73 Å². The number of H-pyrrole nitrogens is 1. The molecular formula is C6H7N5O2S2. The molecule has 4 N–H and O–H groups in total. The predicted molar refractivity (Wildman–Crippen MR) is 55.9 cm³/mol. The second kappa shape index (κ2) is 3.51. The molecule has 0 amide bonds. The van der Waals surface area contributed by atoms with Crippen molar-refractivity contribution in [3.63, 3.8) is 0 Å². The molecule has 7 nitrogen and oxygen atoms in total. The van der Waals surface area contributed by atoms with E-state index in [1.165, 1.54) is 6.07 Å². The van der Waals surface area contributed by atoms with Gasteiger partial charge in [-0.1, -0.05) is 6.07 Å². The maximum atomic E-state index is 11.6.